The van der Waals surface area contributed by atoms with Crippen LogP contribution in [0.2, 0.25) is 0 Å². The first-order chi connectivity index (χ1) is 12.3. The van der Waals surface area contributed by atoms with Gasteiger partial charge in [0.05, 0.1) is 10.5 Å². The third kappa shape index (κ3) is 3.65. The third-order valence-corrected chi connectivity index (χ3v) is 5.52. The molecule has 6 heteroatoms. The van der Waals surface area contributed by atoms with Gasteiger partial charge in [0, 0.05) is 29.4 Å². The molecule has 3 aromatic rings. The Morgan fingerprint density at radius 3 is 2.54 bits per heavy atom. The van der Waals surface area contributed by atoms with Crippen molar-refractivity contribution in [3.8, 4) is 0 Å². The summed E-state index contributed by atoms with van der Waals surface area (Å²) in [6.45, 7) is 2.63. The van der Waals surface area contributed by atoms with Crippen molar-refractivity contribution in [3.63, 3.8) is 0 Å². The molecule has 0 radical (unpaired) electrons. The number of rotatable bonds is 6. The van der Waals surface area contributed by atoms with Gasteiger partial charge in [-0.15, -0.1) is 0 Å². The summed E-state index contributed by atoms with van der Waals surface area (Å²) in [4.78, 5) is 11.5. The maximum atomic E-state index is 11.8. The minimum Gasteiger partial charge on any atom is -0.478 e. The number of fused-ring (bicyclic) bond motifs is 1. The average Bonchev–Trinajstić information content (AvgIpc) is 2.91. The third-order valence-electron chi connectivity index (χ3n) is 4.41. The smallest absolute Gasteiger partial charge is 0.335 e. The Balaban J connectivity index is 2.10. The lowest BCUT2D eigenvalue weighted by Crippen LogP contribution is -2.06. The molecule has 1 aromatic heterocycles. The fourth-order valence-electron chi connectivity index (χ4n) is 3.17. The number of benzene rings is 2. The van der Waals surface area contributed by atoms with Crippen LogP contribution in [0.5, 0.6) is 0 Å². The Bertz CT molecular complexity index is 1080. The van der Waals surface area contributed by atoms with E-state index in [2.05, 4.69) is 11.5 Å². The summed E-state index contributed by atoms with van der Waals surface area (Å²) in [6, 6.07) is 14.1. The number of carboxylic acids is 1. The fraction of sp³-hybridized carbons (Fsp3) is 0.250. The van der Waals surface area contributed by atoms with Crippen LogP contribution in [-0.4, -0.2) is 30.3 Å². The van der Waals surface area contributed by atoms with Gasteiger partial charge in [-0.1, -0.05) is 25.5 Å². The largest absolute Gasteiger partial charge is 0.478 e. The van der Waals surface area contributed by atoms with Crippen LogP contribution < -0.4 is 0 Å². The summed E-state index contributed by atoms with van der Waals surface area (Å²) in [5, 5.41) is 10.1. The van der Waals surface area contributed by atoms with E-state index < -0.39 is 15.8 Å². The molecule has 0 saturated carbocycles. The van der Waals surface area contributed by atoms with Gasteiger partial charge in [0.15, 0.2) is 9.84 Å². The van der Waals surface area contributed by atoms with Crippen LogP contribution in [0.15, 0.2) is 53.4 Å². The van der Waals surface area contributed by atoms with Gasteiger partial charge in [0.25, 0.3) is 0 Å². The van der Waals surface area contributed by atoms with Crippen molar-refractivity contribution in [1.82, 2.24) is 4.57 Å². The first kappa shape index (κ1) is 18.2. The van der Waals surface area contributed by atoms with Crippen molar-refractivity contribution < 1.29 is 18.3 Å². The summed E-state index contributed by atoms with van der Waals surface area (Å²) in [6.07, 6.45) is 3.03. The molecule has 0 aliphatic heterocycles. The highest BCUT2D eigenvalue weighted by Crippen LogP contribution is 2.25. The molecule has 0 bridgehead atoms. The Morgan fingerprint density at radius 2 is 1.88 bits per heavy atom. The number of aromatic carboxylic acids is 1. The number of carbonyl (C=O) groups is 1. The van der Waals surface area contributed by atoms with Gasteiger partial charge in [-0.05, 0) is 48.4 Å². The van der Waals surface area contributed by atoms with Crippen LogP contribution in [-0.2, 0) is 22.8 Å². The van der Waals surface area contributed by atoms with E-state index in [1.807, 2.05) is 18.2 Å². The monoisotopic (exact) mass is 371 g/mol. The molecule has 0 spiro atoms. The highest BCUT2D eigenvalue weighted by atomic mass is 32.2. The Kier molecular flexibility index (Phi) is 4.87. The molecule has 1 N–H and O–H groups in total. The number of carboxylic acid groups (broad SMARTS) is 1. The van der Waals surface area contributed by atoms with Crippen molar-refractivity contribution >= 4 is 26.7 Å². The molecular formula is C20H21NO4S. The topological polar surface area (TPSA) is 76.4 Å². The maximum absolute atomic E-state index is 11.8. The molecule has 0 aliphatic rings. The molecule has 0 atom stereocenters. The number of hydrogen-bond donors (Lipinski definition) is 1. The van der Waals surface area contributed by atoms with E-state index in [4.69, 9.17) is 0 Å². The van der Waals surface area contributed by atoms with E-state index in [0.717, 1.165) is 35.0 Å². The number of aromatic nitrogens is 1. The van der Waals surface area contributed by atoms with Crippen molar-refractivity contribution in [1.29, 1.82) is 0 Å². The predicted octanol–water partition coefficient (Wildman–Crippen LogP) is 3.74. The van der Waals surface area contributed by atoms with E-state index in [1.54, 1.807) is 30.3 Å². The van der Waals surface area contributed by atoms with Gasteiger partial charge in [-0.2, -0.15) is 0 Å². The van der Waals surface area contributed by atoms with E-state index in [1.165, 1.54) is 6.26 Å². The van der Waals surface area contributed by atoms with Gasteiger partial charge in [0.1, 0.15) is 0 Å². The van der Waals surface area contributed by atoms with E-state index in [-0.39, 0.29) is 5.56 Å². The molecule has 0 aliphatic carbocycles. The fourth-order valence-corrected chi connectivity index (χ4v) is 3.83. The maximum Gasteiger partial charge on any atom is 0.335 e. The molecule has 0 unspecified atom stereocenters. The second kappa shape index (κ2) is 6.96. The van der Waals surface area contributed by atoms with Gasteiger partial charge in [-0.3, -0.25) is 0 Å². The quantitative estimate of drug-likeness (QED) is 0.716. The molecule has 3 rings (SSSR count). The number of nitrogens with zero attached hydrogens (tertiary/aromatic N) is 1. The molecule has 26 heavy (non-hydrogen) atoms. The van der Waals surface area contributed by atoms with E-state index in [0.29, 0.717) is 11.4 Å². The van der Waals surface area contributed by atoms with Gasteiger partial charge in [-0.25, -0.2) is 13.2 Å². The predicted molar refractivity (Wildman–Crippen MR) is 102 cm³/mol. The van der Waals surface area contributed by atoms with Crippen molar-refractivity contribution in [2.45, 2.75) is 31.2 Å². The lowest BCUT2D eigenvalue weighted by atomic mass is 10.1. The standard InChI is InChI=1S/C20H21NO4S/c1-3-5-17-11-16-12-18(26(2,24)25)8-9-19(16)21(17)13-14-6-4-7-15(10-14)20(22)23/h4,6-12H,3,5,13H2,1-2H3,(H,22,23). The van der Waals surface area contributed by atoms with Crippen LogP contribution in [0, 0.1) is 0 Å². The first-order valence-electron chi connectivity index (χ1n) is 8.44. The van der Waals surface area contributed by atoms with Gasteiger partial charge < -0.3 is 9.67 Å². The molecule has 0 amide bonds. The number of sulfone groups is 1. The Morgan fingerprint density at radius 1 is 1.12 bits per heavy atom. The normalized spacial score (nSPS) is 11.8. The molecule has 2 aromatic carbocycles. The summed E-state index contributed by atoms with van der Waals surface area (Å²) in [5.74, 6) is -0.948. The second-order valence-corrected chi connectivity index (χ2v) is 8.49. The van der Waals surface area contributed by atoms with Crippen LogP contribution >= 0.6 is 0 Å². The van der Waals surface area contributed by atoms with Crippen LogP contribution in [0.4, 0.5) is 0 Å². The summed E-state index contributed by atoms with van der Waals surface area (Å²) >= 11 is 0. The van der Waals surface area contributed by atoms with E-state index in [9.17, 15) is 18.3 Å². The molecule has 1 heterocycles. The molecule has 0 saturated heterocycles. The number of aryl methyl sites for hydroxylation is 1. The van der Waals surface area contributed by atoms with Crippen LogP contribution in [0.1, 0.15) is 35.0 Å². The molecular weight excluding hydrogens is 350 g/mol. The molecule has 0 fully saturated rings. The summed E-state index contributed by atoms with van der Waals surface area (Å²) < 4.78 is 25.8. The second-order valence-electron chi connectivity index (χ2n) is 6.47. The zero-order chi connectivity index (χ0) is 18.9. The Labute approximate surface area is 152 Å². The molecule has 5 nitrogen and oxygen atoms in total. The zero-order valence-corrected chi connectivity index (χ0v) is 15.6. The highest BCUT2D eigenvalue weighted by molar-refractivity contribution is 7.90. The van der Waals surface area contributed by atoms with Crippen molar-refractivity contribution in [2.75, 3.05) is 6.26 Å². The number of hydrogen-bond acceptors (Lipinski definition) is 3. The first-order valence-corrected chi connectivity index (χ1v) is 10.3. The Hall–Kier alpha value is -2.60. The summed E-state index contributed by atoms with van der Waals surface area (Å²) in [5.41, 5.74) is 3.21. The minimum atomic E-state index is -3.26. The summed E-state index contributed by atoms with van der Waals surface area (Å²) in [7, 11) is -3.26. The van der Waals surface area contributed by atoms with Gasteiger partial charge in [0.2, 0.25) is 0 Å². The SMILES string of the molecule is CCCc1cc2cc(S(C)(=O)=O)ccc2n1Cc1cccc(C(=O)O)c1. The van der Waals surface area contributed by atoms with Crippen molar-refractivity contribution in [2.24, 2.45) is 0 Å². The average molecular weight is 371 g/mol. The van der Waals surface area contributed by atoms with Gasteiger partial charge >= 0.3 is 5.97 Å². The van der Waals surface area contributed by atoms with Crippen LogP contribution in [0.25, 0.3) is 10.9 Å². The highest BCUT2D eigenvalue weighted by Gasteiger charge is 2.14. The minimum absolute atomic E-state index is 0.260. The zero-order valence-electron chi connectivity index (χ0n) is 14.8. The van der Waals surface area contributed by atoms with E-state index >= 15 is 0 Å². The molecule has 136 valence electrons. The lowest BCUT2D eigenvalue weighted by Gasteiger charge is -2.11. The van der Waals surface area contributed by atoms with Crippen LogP contribution in [0.3, 0.4) is 0 Å². The van der Waals surface area contributed by atoms with Crippen molar-refractivity contribution in [3.05, 3.63) is 65.4 Å². The lowest BCUT2D eigenvalue weighted by molar-refractivity contribution is 0.0696.